The van der Waals surface area contributed by atoms with Crippen LogP contribution >= 0.6 is 0 Å². The fourth-order valence-corrected chi connectivity index (χ4v) is 1.58. The topological polar surface area (TPSA) is 65.6 Å². The molecule has 0 atom stereocenters. The van der Waals surface area contributed by atoms with Crippen LogP contribution in [0.1, 0.15) is 17.1 Å². The van der Waals surface area contributed by atoms with Gasteiger partial charge in [-0.1, -0.05) is 18.2 Å². The second kappa shape index (κ2) is 5.52. The van der Waals surface area contributed by atoms with E-state index in [-0.39, 0.29) is 12.4 Å². The molecule has 1 heterocycles. The van der Waals surface area contributed by atoms with E-state index >= 15 is 0 Å². The summed E-state index contributed by atoms with van der Waals surface area (Å²) in [5.41, 5.74) is 0.849. The van der Waals surface area contributed by atoms with Crippen LogP contribution in [0.25, 0.3) is 0 Å². The first kappa shape index (κ1) is 11.7. The Kier molecular flexibility index (Phi) is 3.80. The molecule has 0 fully saturated rings. The lowest BCUT2D eigenvalue weighted by molar-refractivity contribution is 0.242. The van der Waals surface area contributed by atoms with Crippen molar-refractivity contribution in [3.8, 4) is 5.75 Å². The van der Waals surface area contributed by atoms with E-state index in [1.165, 1.54) is 0 Å². The first-order valence-electron chi connectivity index (χ1n) is 5.45. The lowest BCUT2D eigenvalue weighted by Gasteiger charge is -2.05. The van der Waals surface area contributed by atoms with E-state index in [2.05, 4.69) is 5.32 Å². The summed E-state index contributed by atoms with van der Waals surface area (Å²) >= 11 is 0. The summed E-state index contributed by atoms with van der Waals surface area (Å²) < 4.78 is 5.33. The molecule has 0 amide bonds. The van der Waals surface area contributed by atoms with Crippen LogP contribution in [0.5, 0.6) is 5.75 Å². The van der Waals surface area contributed by atoms with E-state index in [0.717, 1.165) is 11.3 Å². The van der Waals surface area contributed by atoms with Gasteiger partial charge in [0.05, 0.1) is 6.54 Å². The van der Waals surface area contributed by atoms with Crippen LogP contribution in [0.4, 0.5) is 0 Å². The molecule has 0 aliphatic carbocycles. The number of phenolic OH excluding ortho intramolecular Hbond substituents is 1. The number of furan rings is 1. The van der Waals surface area contributed by atoms with Crippen LogP contribution in [-0.4, -0.2) is 10.2 Å². The van der Waals surface area contributed by atoms with Gasteiger partial charge in [-0.15, -0.1) is 0 Å². The van der Waals surface area contributed by atoms with Gasteiger partial charge in [0.2, 0.25) is 0 Å². The molecule has 2 aromatic rings. The average Bonchev–Trinajstić information content (AvgIpc) is 2.80. The number of benzene rings is 1. The van der Waals surface area contributed by atoms with E-state index in [1.54, 1.807) is 18.2 Å². The van der Waals surface area contributed by atoms with Crippen molar-refractivity contribution in [2.24, 2.45) is 0 Å². The number of para-hydroxylation sites is 1. The van der Waals surface area contributed by atoms with Gasteiger partial charge < -0.3 is 19.9 Å². The van der Waals surface area contributed by atoms with Crippen LogP contribution in [0.3, 0.4) is 0 Å². The summed E-state index contributed by atoms with van der Waals surface area (Å²) in [6.45, 7) is 1.05. The van der Waals surface area contributed by atoms with Gasteiger partial charge in [-0.05, 0) is 18.2 Å². The van der Waals surface area contributed by atoms with Crippen molar-refractivity contribution in [3.05, 3.63) is 53.5 Å². The Morgan fingerprint density at radius 2 is 1.76 bits per heavy atom. The van der Waals surface area contributed by atoms with Crippen molar-refractivity contribution in [3.63, 3.8) is 0 Å². The second-order valence-corrected chi connectivity index (χ2v) is 3.76. The van der Waals surface area contributed by atoms with Gasteiger partial charge in [0.1, 0.15) is 23.9 Å². The zero-order valence-corrected chi connectivity index (χ0v) is 9.39. The highest BCUT2D eigenvalue weighted by molar-refractivity contribution is 5.31. The zero-order chi connectivity index (χ0) is 12.1. The molecule has 4 heteroatoms. The normalized spacial score (nSPS) is 10.6. The van der Waals surface area contributed by atoms with Gasteiger partial charge in [0.25, 0.3) is 0 Å². The molecular weight excluding hydrogens is 218 g/mol. The Morgan fingerprint density at radius 1 is 1.00 bits per heavy atom. The highest BCUT2D eigenvalue weighted by atomic mass is 16.4. The molecule has 0 unspecified atom stereocenters. The van der Waals surface area contributed by atoms with E-state index in [4.69, 9.17) is 9.52 Å². The molecule has 2 rings (SSSR count). The maximum absolute atomic E-state index is 9.55. The summed E-state index contributed by atoms with van der Waals surface area (Å²) in [4.78, 5) is 0. The molecule has 0 aliphatic rings. The van der Waals surface area contributed by atoms with Gasteiger partial charge in [-0.25, -0.2) is 0 Å². The van der Waals surface area contributed by atoms with E-state index < -0.39 is 0 Å². The fraction of sp³-hybridized carbons (Fsp3) is 0.231. The molecule has 0 radical (unpaired) electrons. The maximum atomic E-state index is 9.55. The van der Waals surface area contributed by atoms with Gasteiger partial charge in [-0.3, -0.25) is 0 Å². The molecule has 1 aromatic carbocycles. The predicted molar refractivity (Wildman–Crippen MR) is 63.3 cm³/mol. The SMILES string of the molecule is OCc1ccc(CNCc2ccccc2O)o1. The number of phenols is 1. The highest BCUT2D eigenvalue weighted by Gasteiger charge is 2.02. The predicted octanol–water partition coefficient (Wildman–Crippen LogP) is 1.77. The number of aliphatic hydroxyl groups excluding tert-OH is 1. The van der Waals surface area contributed by atoms with Crippen LogP contribution in [0, 0.1) is 0 Å². The maximum Gasteiger partial charge on any atom is 0.129 e. The van der Waals surface area contributed by atoms with Crippen LogP contribution in [0.15, 0.2) is 40.8 Å². The highest BCUT2D eigenvalue weighted by Crippen LogP contribution is 2.15. The van der Waals surface area contributed by atoms with E-state index in [1.807, 2.05) is 18.2 Å². The Bertz CT molecular complexity index is 479. The van der Waals surface area contributed by atoms with Crippen LogP contribution in [0.2, 0.25) is 0 Å². The molecule has 1 aromatic heterocycles. The summed E-state index contributed by atoms with van der Waals surface area (Å²) in [7, 11) is 0. The molecule has 90 valence electrons. The lowest BCUT2D eigenvalue weighted by Crippen LogP contribution is -2.12. The van der Waals surface area contributed by atoms with Crippen molar-refractivity contribution in [2.45, 2.75) is 19.7 Å². The molecular formula is C13H15NO3. The van der Waals surface area contributed by atoms with Crippen molar-refractivity contribution in [1.29, 1.82) is 0 Å². The Labute approximate surface area is 99.5 Å². The van der Waals surface area contributed by atoms with Crippen LogP contribution in [-0.2, 0) is 19.7 Å². The molecule has 0 aliphatic heterocycles. The summed E-state index contributed by atoms with van der Waals surface area (Å²) in [5, 5.41) is 21.6. The number of nitrogens with one attached hydrogen (secondary N) is 1. The van der Waals surface area contributed by atoms with Crippen molar-refractivity contribution in [1.82, 2.24) is 5.32 Å². The van der Waals surface area contributed by atoms with E-state index in [9.17, 15) is 5.11 Å². The van der Waals surface area contributed by atoms with Crippen molar-refractivity contribution < 1.29 is 14.6 Å². The van der Waals surface area contributed by atoms with Gasteiger partial charge in [-0.2, -0.15) is 0 Å². The Morgan fingerprint density at radius 3 is 2.47 bits per heavy atom. The standard InChI is InChI=1S/C13H15NO3/c15-9-12-6-5-11(17-12)8-14-7-10-3-1-2-4-13(10)16/h1-6,14-16H,7-9H2. The third-order valence-electron chi connectivity index (χ3n) is 2.48. The average molecular weight is 233 g/mol. The van der Waals surface area contributed by atoms with Gasteiger partial charge >= 0.3 is 0 Å². The smallest absolute Gasteiger partial charge is 0.129 e. The molecule has 17 heavy (non-hydrogen) atoms. The summed E-state index contributed by atoms with van der Waals surface area (Å²) in [6, 6.07) is 10.8. The minimum absolute atomic E-state index is 0.0839. The van der Waals surface area contributed by atoms with Crippen molar-refractivity contribution in [2.75, 3.05) is 0 Å². The number of hydrogen-bond acceptors (Lipinski definition) is 4. The first-order chi connectivity index (χ1) is 8.29. The Balaban J connectivity index is 1.85. The van der Waals surface area contributed by atoms with E-state index in [0.29, 0.717) is 18.8 Å². The van der Waals surface area contributed by atoms with Crippen molar-refractivity contribution >= 4 is 0 Å². The number of aliphatic hydroxyl groups is 1. The molecule has 0 bridgehead atoms. The quantitative estimate of drug-likeness (QED) is 0.736. The lowest BCUT2D eigenvalue weighted by atomic mass is 10.2. The minimum atomic E-state index is -0.0839. The number of rotatable bonds is 5. The molecule has 3 N–H and O–H groups in total. The third kappa shape index (κ3) is 3.09. The summed E-state index contributed by atoms with van der Waals surface area (Å²) in [6.07, 6.45) is 0. The molecule has 0 saturated carbocycles. The largest absolute Gasteiger partial charge is 0.508 e. The van der Waals surface area contributed by atoms with Gasteiger partial charge in [0, 0.05) is 12.1 Å². The number of hydrogen-bond donors (Lipinski definition) is 3. The zero-order valence-electron chi connectivity index (χ0n) is 9.39. The second-order valence-electron chi connectivity index (χ2n) is 3.76. The molecule has 0 saturated heterocycles. The monoisotopic (exact) mass is 233 g/mol. The number of aromatic hydroxyl groups is 1. The molecule has 4 nitrogen and oxygen atoms in total. The minimum Gasteiger partial charge on any atom is -0.508 e. The Hall–Kier alpha value is -1.78. The fourth-order valence-electron chi connectivity index (χ4n) is 1.58. The first-order valence-corrected chi connectivity index (χ1v) is 5.45. The summed E-state index contributed by atoms with van der Waals surface area (Å²) in [5.74, 6) is 1.62. The molecule has 0 spiro atoms. The van der Waals surface area contributed by atoms with Crippen LogP contribution < -0.4 is 5.32 Å². The third-order valence-corrected chi connectivity index (χ3v) is 2.48. The van der Waals surface area contributed by atoms with Gasteiger partial charge in [0.15, 0.2) is 0 Å².